The first-order valence-electron chi connectivity index (χ1n) is 7.55. The summed E-state index contributed by atoms with van der Waals surface area (Å²) in [5.41, 5.74) is 2.88. The number of carbonyl (C=O) groups excluding carboxylic acids is 2. The molecule has 0 aliphatic carbocycles. The number of rotatable bonds is 4. The van der Waals surface area contributed by atoms with Gasteiger partial charge in [-0.1, -0.05) is 0 Å². The van der Waals surface area contributed by atoms with Gasteiger partial charge in [-0.3, -0.25) is 4.79 Å². The Kier molecular flexibility index (Phi) is 4.47. The molecule has 3 rings (SSSR count). The van der Waals surface area contributed by atoms with Crippen molar-refractivity contribution in [2.45, 2.75) is 20.8 Å². The van der Waals surface area contributed by atoms with Gasteiger partial charge < -0.3 is 14.6 Å². The van der Waals surface area contributed by atoms with Crippen LogP contribution in [-0.4, -0.2) is 23.1 Å². The fourth-order valence-electron chi connectivity index (χ4n) is 2.60. The van der Waals surface area contributed by atoms with Crippen LogP contribution in [0.25, 0.3) is 10.2 Å². The summed E-state index contributed by atoms with van der Waals surface area (Å²) in [5, 5.41) is 5.42. The molecule has 1 N–H and O–H groups in total. The predicted octanol–water partition coefficient (Wildman–Crippen LogP) is 4.35. The summed E-state index contributed by atoms with van der Waals surface area (Å²) in [6.07, 6.45) is 0. The molecule has 0 saturated carbocycles. The van der Waals surface area contributed by atoms with E-state index < -0.39 is 5.97 Å². The molecule has 7 heteroatoms. The molecule has 0 aliphatic rings. The number of hydrogen-bond acceptors (Lipinski definition) is 5. The SMILES string of the molecule is CCOC(=O)c1c(NC(=O)c2cc3sccc3n2C)sc(C)c1C. The first kappa shape index (κ1) is 16.7. The van der Waals surface area contributed by atoms with E-state index in [-0.39, 0.29) is 5.91 Å². The number of hydrogen-bond donors (Lipinski definition) is 1. The molecule has 5 nitrogen and oxygen atoms in total. The van der Waals surface area contributed by atoms with Crippen molar-refractivity contribution in [3.05, 3.63) is 39.2 Å². The van der Waals surface area contributed by atoms with Crippen LogP contribution >= 0.6 is 22.7 Å². The van der Waals surface area contributed by atoms with Crippen LogP contribution in [0.1, 0.15) is 38.2 Å². The quantitative estimate of drug-likeness (QED) is 0.702. The van der Waals surface area contributed by atoms with Crippen LogP contribution in [0.2, 0.25) is 0 Å². The number of amides is 1. The van der Waals surface area contributed by atoms with E-state index in [0.717, 1.165) is 20.7 Å². The Morgan fingerprint density at radius 3 is 2.75 bits per heavy atom. The minimum atomic E-state index is -0.400. The maximum atomic E-state index is 12.7. The fourth-order valence-corrected chi connectivity index (χ4v) is 4.49. The van der Waals surface area contributed by atoms with E-state index in [1.165, 1.54) is 11.3 Å². The zero-order valence-electron chi connectivity index (χ0n) is 13.9. The van der Waals surface area contributed by atoms with E-state index in [1.54, 1.807) is 18.3 Å². The Morgan fingerprint density at radius 1 is 1.33 bits per heavy atom. The maximum absolute atomic E-state index is 12.7. The van der Waals surface area contributed by atoms with Crippen LogP contribution in [-0.2, 0) is 11.8 Å². The van der Waals surface area contributed by atoms with Crippen molar-refractivity contribution >= 4 is 49.8 Å². The summed E-state index contributed by atoms with van der Waals surface area (Å²) in [5.74, 6) is -0.629. The second-order valence-corrected chi connectivity index (χ2v) is 7.59. The molecule has 24 heavy (non-hydrogen) atoms. The molecule has 0 radical (unpaired) electrons. The molecule has 3 aromatic rings. The smallest absolute Gasteiger partial charge is 0.341 e. The van der Waals surface area contributed by atoms with E-state index in [9.17, 15) is 9.59 Å². The first-order chi connectivity index (χ1) is 11.4. The molecule has 0 saturated heterocycles. The van der Waals surface area contributed by atoms with Crippen molar-refractivity contribution in [1.82, 2.24) is 4.57 Å². The highest BCUT2D eigenvalue weighted by molar-refractivity contribution is 7.17. The lowest BCUT2D eigenvalue weighted by Gasteiger charge is -2.08. The summed E-state index contributed by atoms with van der Waals surface area (Å²) in [6.45, 7) is 5.86. The molecule has 0 unspecified atom stereocenters. The molecular formula is C17H18N2O3S2. The van der Waals surface area contributed by atoms with Crippen molar-refractivity contribution in [2.75, 3.05) is 11.9 Å². The van der Waals surface area contributed by atoms with Gasteiger partial charge in [0, 0.05) is 11.9 Å². The van der Waals surface area contributed by atoms with Crippen molar-refractivity contribution in [3.63, 3.8) is 0 Å². The second-order valence-electron chi connectivity index (χ2n) is 5.42. The number of aromatic nitrogens is 1. The van der Waals surface area contributed by atoms with E-state index >= 15 is 0 Å². The Hall–Kier alpha value is -2.12. The molecule has 0 spiro atoms. The van der Waals surface area contributed by atoms with Crippen LogP contribution in [0.3, 0.4) is 0 Å². The molecular weight excluding hydrogens is 344 g/mol. The van der Waals surface area contributed by atoms with Gasteiger partial charge in [0.25, 0.3) is 5.91 Å². The number of aryl methyl sites for hydroxylation is 2. The molecule has 0 bridgehead atoms. The number of thiophene rings is 2. The van der Waals surface area contributed by atoms with Gasteiger partial charge in [-0.25, -0.2) is 4.79 Å². The van der Waals surface area contributed by atoms with Crippen molar-refractivity contribution in [1.29, 1.82) is 0 Å². The number of carbonyl (C=O) groups is 2. The maximum Gasteiger partial charge on any atom is 0.341 e. The lowest BCUT2D eigenvalue weighted by Crippen LogP contribution is -2.17. The minimum absolute atomic E-state index is 0.229. The van der Waals surface area contributed by atoms with Gasteiger partial charge in [0.2, 0.25) is 0 Å². The predicted molar refractivity (Wildman–Crippen MR) is 98.5 cm³/mol. The Labute approximate surface area is 147 Å². The average molecular weight is 362 g/mol. The standard InChI is InChI=1S/C17H18N2O3S2/c1-5-22-17(21)14-9(2)10(3)24-16(14)18-15(20)12-8-13-11(19(12)4)6-7-23-13/h6-8H,5H2,1-4H3,(H,18,20). The Morgan fingerprint density at radius 2 is 2.08 bits per heavy atom. The molecule has 3 aromatic heterocycles. The van der Waals surface area contributed by atoms with Gasteiger partial charge in [-0.2, -0.15) is 0 Å². The second kappa shape index (κ2) is 6.41. The normalized spacial score (nSPS) is 11.0. The highest BCUT2D eigenvalue weighted by Gasteiger charge is 2.23. The molecule has 0 atom stereocenters. The fraction of sp³-hybridized carbons (Fsp3) is 0.294. The molecule has 0 fully saturated rings. The Bertz CT molecular complexity index is 933. The number of nitrogens with zero attached hydrogens (tertiary/aromatic N) is 1. The number of fused-ring (bicyclic) bond motifs is 1. The van der Waals surface area contributed by atoms with Crippen LogP contribution < -0.4 is 5.32 Å². The molecule has 1 amide bonds. The molecule has 0 aliphatic heterocycles. The largest absolute Gasteiger partial charge is 0.462 e. The van der Waals surface area contributed by atoms with Crippen molar-refractivity contribution in [3.8, 4) is 0 Å². The number of esters is 1. The zero-order valence-corrected chi connectivity index (χ0v) is 15.6. The van der Waals surface area contributed by atoms with E-state index in [2.05, 4.69) is 5.32 Å². The zero-order chi connectivity index (χ0) is 17.4. The third-order valence-electron chi connectivity index (χ3n) is 3.99. The highest BCUT2D eigenvalue weighted by atomic mass is 32.1. The third-order valence-corrected chi connectivity index (χ3v) is 5.96. The number of ether oxygens (including phenoxy) is 1. The van der Waals surface area contributed by atoms with Crippen LogP contribution in [0.5, 0.6) is 0 Å². The van der Waals surface area contributed by atoms with Crippen LogP contribution in [0.15, 0.2) is 17.5 Å². The van der Waals surface area contributed by atoms with Gasteiger partial charge in [-0.05, 0) is 43.8 Å². The van der Waals surface area contributed by atoms with Crippen molar-refractivity contribution < 1.29 is 14.3 Å². The summed E-state index contributed by atoms with van der Waals surface area (Å²) in [7, 11) is 1.86. The summed E-state index contributed by atoms with van der Waals surface area (Å²) in [4.78, 5) is 25.9. The lowest BCUT2D eigenvalue weighted by molar-refractivity contribution is 0.0527. The average Bonchev–Trinajstić information content (AvgIpc) is 3.17. The molecule has 126 valence electrons. The summed E-state index contributed by atoms with van der Waals surface area (Å²) < 4.78 is 8.04. The first-order valence-corrected chi connectivity index (χ1v) is 9.25. The van der Waals surface area contributed by atoms with E-state index in [0.29, 0.717) is 22.9 Å². The van der Waals surface area contributed by atoms with Gasteiger partial charge in [0.15, 0.2) is 0 Å². The monoisotopic (exact) mass is 362 g/mol. The Balaban J connectivity index is 1.94. The van der Waals surface area contributed by atoms with Gasteiger partial charge in [0.1, 0.15) is 10.7 Å². The van der Waals surface area contributed by atoms with Crippen LogP contribution in [0, 0.1) is 13.8 Å². The molecule has 3 heterocycles. The van der Waals surface area contributed by atoms with Gasteiger partial charge >= 0.3 is 5.97 Å². The van der Waals surface area contributed by atoms with E-state index in [1.807, 2.05) is 43.0 Å². The summed E-state index contributed by atoms with van der Waals surface area (Å²) in [6, 6.07) is 3.85. The minimum Gasteiger partial charge on any atom is -0.462 e. The number of anilines is 1. The van der Waals surface area contributed by atoms with E-state index in [4.69, 9.17) is 4.74 Å². The third kappa shape index (κ3) is 2.74. The summed E-state index contributed by atoms with van der Waals surface area (Å²) >= 11 is 2.99. The van der Waals surface area contributed by atoms with Gasteiger partial charge in [-0.15, -0.1) is 22.7 Å². The number of nitrogens with one attached hydrogen (secondary N) is 1. The van der Waals surface area contributed by atoms with Gasteiger partial charge in [0.05, 0.1) is 22.4 Å². The van der Waals surface area contributed by atoms with Crippen LogP contribution in [0.4, 0.5) is 5.00 Å². The molecule has 0 aromatic carbocycles. The lowest BCUT2D eigenvalue weighted by atomic mass is 10.1. The highest BCUT2D eigenvalue weighted by Crippen LogP contribution is 2.34. The topological polar surface area (TPSA) is 60.3 Å². The van der Waals surface area contributed by atoms with Crippen molar-refractivity contribution in [2.24, 2.45) is 7.05 Å².